The number of aromatic nitrogens is 1. The highest BCUT2D eigenvalue weighted by molar-refractivity contribution is 9.10. The second kappa shape index (κ2) is 5.95. The van der Waals surface area contributed by atoms with Crippen LogP contribution in [0.2, 0.25) is 5.02 Å². The normalized spacial score (nSPS) is 10.4. The van der Waals surface area contributed by atoms with Crippen molar-refractivity contribution in [3.8, 4) is 0 Å². The highest BCUT2D eigenvalue weighted by Crippen LogP contribution is 2.25. The Balaban J connectivity index is 2.44. The van der Waals surface area contributed by atoms with Crippen molar-refractivity contribution in [2.45, 2.75) is 5.33 Å². The molecule has 1 aromatic heterocycles. The number of pyridine rings is 1. The van der Waals surface area contributed by atoms with Gasteiger partial charge in [0.05, 0.1) is 5.02 Å². The maximum atomic E-state index is 12.3. The number of carbonyl (C=O) groups excluding carboxylic acids is 1. The second-order valence-electron chi connectivity index (χ2n) is 3.63. The third-order valence-electron chi connectivity index (χ3n) is 2.45. The molecule has 92 valence electrons. The highest BCUT2D eigenvalue weighted by atomic mass is 79.9. The van der Waals surface area contributed by atoms with Crippen LogP contribution in [0.4, 0.5) is 0 Å². The van der Waals surface area contributed by atoms with Gasteiger partial charge >= 0.3 is 0 Å². The molecule has 0 spiro atoms. The summed E-state index contributed by atoms with van der Waals surface area (Å²) in [4.78, 5) is 16.2. The van der Waals surface area contributed by atoms with Crippen molar-refractivity contribution < 1.29 is 4.79 Å². The Kier molecular flexibility index (Phi) is 4.54. The van der Waals surface area contributed by atoms with Crippen molar-refractivity contribution in [2.75, 3.05) is 0 Å². The van der Waals surface area contributed by atoms with E-state index in [0.717, 1.165) is 15.4 Å². The van der Waals surface area contributed by atoms with E-state index in [4.69, 9.17) is 11.6 Å². The van der Waals surface area contributed by atoms with Gasteiger partial charge in [0.15, 0.2) is 5.78 Å². The minimum Gasteiger partial charge on any atom is -0.289 e. The van der Waals surface area contributed by atoms with Gasteiger partial charge in [-0.15, -0.1) is 0 Å². The van der Waals surface area contributed by atoms with Gasteiger partial charge in [-0.1, -0.05) is 49.5 Å². The fourth-order valence-corrected chi connectivity index (χ4v) is 2.69. The number of alkyl halides is 1. The van der Waals surface area contributed by atoms with Crippen LogP contribution < -0.4 is 0 Å². The molecule has 18 heavy (non-hydrogen) atoms. The SMILES string of the molecule is O=C(c1ccncc1Cl)c1ccc(CBr)cc1Br. The molecule has 1 heterocycles. The van der Waals surface area contributed by atoms with E-state index < -0.39 is 0 Å². The monoisotopic (exact) mass is 387 g/mol. The molecule has 0 aliphatic rings. The van der Waals surface area contributed by atoms with E-state index in [2.05, 4.69) is 36.8 Å². The van der Waals surface area contributed by atoms with Gasteiger partial charge in [-0.2, -0.15) is 0 Å². The van der Waals surface area contributed by atoms with Crippen LogP contribution >= 0.6 is 43.5 Å². The summed E-state index contributed by atoms with van der Waals surface area (Å²) in [6, 6.07) is 7.23. The van der Waals surface area contributed by atoms with Crippen molar-refractivity contribution in [1.82, 2.24) is 4.98 Å². The number of ketones is 1. The van der Waals surface area contributed by atoms with Crippen molar-refractivity contribution in [1.29, 1.82) is 0 Å². The van der Waals surface area contributed by atoms with E-state index in [1.165, 1.54) is 6.20 Å². The minimum atomic E-state index is -0.115. The van der Waals surface area contributed by atoms with Crippen molar-refractivity contribution >= 4 is 49.2 Å². The second-order valence-corrected chi connectivity index (χ2v) is 5.45. The standard InChI is InChI=1S/C13H8Br2ClNO/c14-6-8-1-2-9(11(15)5-8)13(18)10-3-4-17-7-12(10)16/h1-5,7H,6H2. The van der Waals surface area contributed by atoms with Gasteiger partial charge in [0, 0.05) is 33.3 Å². The largest absolute Gasteiger partial charge is 0.289 e. The Hall–Kier alpha value is -0.710. The predicted octanol–water partition coefficient (Wildman–Crippen LogP) is 4.62. The lowest BCUT2D eigenvalue weighted by Crippen LogP contribution is -2.03. The first kappa shape index (κ1) is 13.7. The molecule has 5 heteroatoms. The molecule has 0 aliphatic heterocycles. The Labute approximate surface area is 127 Å². The zero-order valence-electron chi connectivity index (χ0n) is 9.16. The Bertz CT molecular complexity index is 601. The van der Waals surface area contributed by atoms with Crippen molar-refractivity contribution in [3.05, 3.63) is 62.8 Å². The van der Waals surface area contributed by atoms with Gasteiger partial charge in [-0.25, -0.2) is 0 Å². The number of halogens is 3. The Morgan fingerprint density at radius 3 is 2.67 bits per heavy atom. The van der Waals surface area contributed by atoms with Gasteiger partial charge in [0.1, 0.15) is 0 Å². The first-order valence-corrected chi connectivity index (χ1v) is 7.41. The van der Waals surface area contributed by atoms with E-state index in [9.17, 15) is 4.79 Å². The molecule has 0 atom stereocenters. The smallest absolute Gasteiger partial charge is 0.195 e. The molecule has 0 saturated carbocycles. The number of hydrogen-bond acceptors (Lipinski definition) is 2. The van der Waals surface area contributed by atoms with E-state index in [1.54, 1.807) is 18.3 Å². The molecule has 0 radical (unpaired) electrons. The lowest BCUT2D eigenvalue weighted by molar-refractivity contribution is 0.103. The Morgan fingerprint density at radius 2 is 2.06 bits per heavy atom. The van der Waals surface area contributed by atoms with Crippen LogP contribution in [-0.4, -0.2) is 10.8 Å². The Morgan fingerprint density at radius 1 is 1.28 bits per heavy atom. The van der Waals surface area contributed by atoms with Crippen molar-refractivity contribution in [2.24, 2.45) is 0 Å². The molecule has 2 rings (SSSR count). The number of carbonyl (C=O) groups is 1. The lowest BCUT2D eigenvalue weighted by Gasteiger charge is -2.06. The summed E-state index contributed by atoms with van der Waals surface area (Å²) in [5.41, 5.74) is 2.14. The summed E-state index contributed by atoms with van der Waals surface area (Å²) >= 11 is 12.8. The quantitative estimate of drug-likeness (QED) is 0.566. The molecule has 2 nitrogen and oxygen atoms in total. The molecule has 2 aromatic rings. The van der Waals surface area contributed by atoms with E-state index in [1.807, 2.05) is 12.1 Å². The molecule has 0 bridgehead atoms. The maximum absolute atomic E-state index is 12.3. The number of hydrogen-bond donors (Lipinski definition) is 0. The van der Waals surface area contributed by atoms with E-state index in [0.29, 0.717) is 16.1 Å². The molecular formula is C13H8Br2ClNO. The maximum Gasteiger partial charge on any atom is 0.195 e. The minimum absolute atomic E-state index is 0.115. The molecule has 1 aromatic carbocycles. The van der Waals surface area contributed by atoms with Gasteiger partial charge in [0.25, 0.3) is 0 Å². The summed E-state index contributed by atoms with van der Waals surface area (Å²) in [7, 11) is 0. The zero-order valence-corrected chi connectivity index (χ0v) is 13.1. The summed E-state index contributed by atoms with van der Waals surface area (Å²) in [5, 5.41) is 1.11. The molecule has 0 aliphatic carbocycles. The van der Waals surface area contributed by atoms with E-state index in [-0.39, 0.29) is 5.78 Å². The molecule has 0 amide bonds. The average molecular weight is 389 g/mol. The van der Waals surface area contributed by atoms with Gasteiger partial charge in [-0.05, 0) is 23.8 Å². The average Bonchev–Trinajstić information content (AvgIpc) is 2.38. The molecule has 0 unspecified atom stereocenters. The van der Waals surface area contributed by atoms with E-state index >= 15 is 0 Å². The van der Waals surface area contributed by atoms with Crippen LogP contribution in [0, 0.1) is 0 Å². The van der Waals surface area contributed by atoms with Crippen LogP contribution in [-0.2, 0) is 5.33 Å². The van der Waals surface area contributed by atoms with Crippen LogP contribution in [0.1, 0.15) is 21.5 Å². The third-order valence-corrected chi connectivity index (χ3v) is 4.05. The molecular weight excluding hydrogens is 381 g/mol. The summed E-state index contributed by atoms with van der Waals surface area (Å²) in [6.07, 6.45) is 3.02. The number of nitrogens with zero attached hydrogens (tertiary/aromatic N) is 1. The highest BCUT2D eigenvalue weighted by Gasteiger charge is 2.15. The lowest BCUT2D eigenvalue weighted by atomic mass is 10.0. The third kappa shape index (κ3) is 2.82. The number of rotatable bonds is 3. The topological polar surface area (TPSA) is 30.0 Å². The first-order valence-electron chi connectivity index (χ1n) is 5.12. The summed E-state index contributed by atoms with van der Waals surface area (Å²) < 4.78 is 0.761. The summed E-state index contributed by atoms with van der Waals surface area (Å²) in [5.74, 6) is -0.115. The fraction of sp³-hybridized carbons (Fsp3) is 0.0769. The van der Waals surface area contributed by atoms with Gasteiger partial charge in [-0.3, -0.25) is 9.78 Å². The molecule has 0 fully saturated rings. The van der Waals surface area contributed by atoms with Gasteiger partial charge < -0.3 is 0 Å². The first-order chi connectivity index (χ1) is 8.63. The molecule has 0 N–H and O–H groups in total. The van der Waals surface area contributed by atoms with Crippen LogP contribution in [0.25, 0.3) is 0 Å². The zero-order chi connectivity index (χ0) is 13.1. The van der Waals surface area contributed by atoms with Crippen LogP contribution in [0.5, 0.6) is 0 Å². The number of benzene rings is 1. The summed E-state index contributed by atoms with van der Waals surface area (Å²) in [6.45, 7) is 0. The predicted molar refractivity (Wildman–Crippen MR) is 79.5 cm³/mol. The molecule has 0 saturated heterocycles. The van der Waals surface area contributed by atoms with Crippen LogP contribution in [0.3, 0.4) is 0 Å². The van der Waals surface area contributed by atoms with Crippen LogP contribution in [0.15, 0.2) is 41.1 Å². The fourth-order valence-electron chi connectivity index (χ4n) is 1.53. The van der Waals surface area contributed by atoms with Crippen molar-refractivity contribution in [3.63, 3.8) is 0 Å². The van der Waals surface area contributed by atoms with Gasteiger partial charge in [0.2, 0.25) is 0 Å².